The van der Waals surface area contributed by atoms with E-state index in [4.69, 9.17) is 4.74 Å². The van der Waals surface area contributed by atoms with Gasteiger partial charge >= 0.3 is 0 Å². The third-order valence-corrected chi connectivity index (χ3v) is 3.55. The molecule has 7 heteroatoms. The van der Waals surface area contributed by atoms with Crippen LogP contribution in [0.25, 0.3) is 0 Å². The van der Waals surface area contributed by atoms with E-state index in [-0.39, 0.29) is 0 Å². The van der Waals surface area contributed by atoms with Crippen molar-refractivity contribution in [3.63, 3.8) is 0 Å². The van der Waals surface area contributed by atoms with E-state index < -0.39 is 0 Å². The highest BCUT2D eigenvalue weighted by molar-refractivity contribution is 5.41. The van der Waals surface area contributed by atoms with Gasteiger partial charge in [0.25, 0.3) is 0 Å². The van der Waals surface area contributed by atoms with Crippen LogP contribution in [0, 0.1) is 0 Å². The molecular weight excluding hydrogens is 280 g/mol. The first-order valence-electron chi connectivity index (χ1n) is 7.35. The first-order valence-corrected chi connectivity index (χ1v) is 7.35. The number of pyridine rings is 1. The summed E-state index contributed by atoms with van der Waals surface area (Å²) in [6, 6.07) is 4.16. The van der Waals surface area contributed by atoms with Crippen molar-refractivity contribution < 1.29 is 4.74 Å². The number of aromatic nitrogens is 3. The van der Waals surface area contributed by atoms with E-state index in [1.807, 2.05) is 6.20 Å². The molecule has 0 aliphatic carbocycles. The van der Waals surface area contributed by atoms with Crippen molar-refractivity contribution in [3.05, 3.63) is 36.3 Å². The summed E-state index contributed by atoms with van der Waals surface area (Å²) in [4.78, 5) is 15.2. The van der Waals surface area contributed by atoms with Crippen LogP contribution in [-0.2, 0) is 6.54 Å². The molecular formula is C15H20N6O. The van der Waals surface area contributed by atoms with Crippen LogP contribution in [0.2, 0.25) is 0 Å². The highest BCUT2D eigenvalue weighted by Crippen LogP contribution is 2.13. The number of nitrogens with one attached hydrogen (secondary N) is 2. The number of hydrogen-bond donors (Lipinski definition) is 2. The predicted octanol–water partition coefficient (Wildman–Crippen LogP) is 0.902. The average molecular weight is 300 g/mol. The molecule has 0 saturated carbocycles. The third kappa shape index (κ3) is 3.62. The summed E-state index contributed by atoms with van der Waals surface area (Å²) >= 11 is 0. The van der Waals surface area contributed by atoms with Crippen LogP contribution in [0.15, 0.2) is 30.7 Å². The number of piperazine rings is 1. The van der Waals surface area contributed by atoms with Crippen LogP contribution in [0.1, 0.15) is 5.56 Å². The van der Waals surface area contributed by atoms with Gasteiger partial charge in [0.2, 0.25) is 5.88 Å². The molecule has 2 N–H and O–H groups in total. The van der Waals surface area contributed by atoms with Gasteiger partial charge in [0, 0.05) is 38.9 Å². The molecule has 3 heterocycles. The molecule has 1 aliphatic rings. The Kier molecular flexibility index (Phi) is 4.65. The zero-order valence-corrected chi connectivity index (χ0v) is 12.6. The van der Waals surface area contributed by atoms with Gasteiger partial charge in [-0.3, -0.25) is 4.98 Å². The Hall–Kier alpha value is -2.41. The Labute approximate surface area is 129 Å². The monoisotopic (exact) mass is 300 g/mol. The number of ether oxygens (including phenoxy) is 1. The molecule has 1 fully saturated rings. The fraction of sp³-hybridized carbons (Fsp3) is 0.400. The zero-order chi connectivity index (χ0) is 15.2. The van der Waals surface area contributed by atoms with Crippen LogP contribution in [0.4, 0.5) is 11.6 Å². The standard InChI is InChI=1S/C15H20N6O/c1-22-15-11-17-10-13(20-15)18-8-12-2-3-14(19-9-12)21-6-4-16-5-7-21/h2-3,9-11,16H,4-8H2,1H3,(H,18,20). The summed E-state index contributed by atoms with van der Waals surface area (Å²) in [7, 11) is 1.58. The quantitative estimate of drug-likeness (QED) is 0.849. The Morgan fingerprint density at radius 3 is 2.82 bits per heavy atom. The molecule has 116 valence electrons. The third-order valence-electron chi connectivity index (χ3n) is 3.55. The molecule has 0 amide bonds. The first-order chi connectivity index (χ1) is 10.8. The molecule has 0 unspecified atom stereocenters. The summed E-state index contributed by atoms with van der Waals surface area (Å²) in [5, 5.41) is 6.56. The maximum absolute atomic E-state index is 5.05. The Morgan fingerprint density at radius 1 is 1.23 bits per heavy atom. The fourth-order valence-corrected chi connectivity index (χ4v) is 2.33. The molecule has 0 aromatic carbocycles. The molecule has 22 heavy (non-hydrogen) atoms. The predicted molar refractivity (Wildman–Crippen MR) is 85.2 cm³/mol. The van der Waals surface area contributed by atoms with E-state index in [2.05, 4.69) is 42.6 Å². The number of rotatable bonds is 5. The lowest BCUT2D eigenvalue weighted by Gasteiger charge is -2.28. The molecule has 0 spiro atoms. The molecule has 0 bridgehead atoms. The highest BCUT2D eigenvalue weighted by Gasteiger charge is 2.11. The number of hydrogen-bond acceptors (Lipinski definition) is 7. The van der Waals surface area contributed by atoms with Gasteiger partial charge in [-0.15, -0.1) is 0 Å². The van der Waals surface area contributed by atoms with Crippen molar-refractivity contribution in [1.82, 2.24) is 20.3 Å². The summed E-state index contributed by atoms with van der Waals surface area (Å²) in [6.07, 6.45) is 5.15. The topological polar surface area (TPSA) is 75.2 Å². The van der Waals surface area contributed by atoms with E-state index in [0.717, 1.165) is 37.6 Å². The second kappa shape index (κ2) is 7.04. The van der Waals surface area contributed by atoms with Crippen molar-refractivity contribution >= 4 is 11.6 Å². The van der Waals surface area contributed by atoms with Crippen molar-refractivity contribution in [1.29, 1.82) is 0 Å². The number of nitrogens with zero attached hydrogens (tertiary/aromatic N) is 4. The van der Waals surface area contributed by atoms with E-state index in [9.17, 15) is 0 Å². The van der Waals surface area contributed by atoms with Gasteiger partial charge in [0.1, 0.15) is 11.6 Å². The van der Waals surface area contributed by atoms with E-state index in [0.29, 0.717) is 18.2 Å². The maximum atomic E-state index is 5.05. The zero-order valence-electron chi connectivity index (χ0n) is 12.6. The van der Waals surface area contributed by atoms with Gasteiger partial charge in [0.15, 0.2) is 0 Å². The fourth-order valence-electron chi connectivity index (χ4n) is 2.33. The van der Waals surface area contributed by atoms with Crippen LogP contribution >= 0.6 is 0 Å². The van der Waals surface area contributed by atoms with E-state index in [1.54, 1.807) is 19.5 Å². The van der Waals surface area contributed by atoms with Crippen molar-refractivity contribution in [2.75, 3.05) is 43.5 Å². The van der Waals surface area contributed by atoms with Gasteiger partial charge in [-0.25, -0.2) is 4.98 Å². The average Bonchev–Trinajstić information content (AvgIpc) is 2.61. The molecule has 1 saturated heterocycles. The molecule has 3 rings (SSSR count). The highest BCUT2D eigenvalue weighted by atomic mass is 16.5. The minimum absolute atomic E-state index is 0.497. The van der Waals surface area contributed by atoms with Gasteiger partial charge in [-0.2, -0.15) is 4.98 Å². The number of anilines is 2. The first kappa shape index (κ1) is 14.5. The summed E-state index contributed by atoms with van der Waals surface area (Å²) < 4.78 is 5.05. The number of methoxy groups -OCH3 is 1. The SMILES string of the molecule is COc1cncc(NCc2ccc(N3CCNCC3)nc2)n1. The molecule has 7 nitrogen and oxygen atoms in total. The largest absolute Gasteiger partial charge is 0.480 e. The van der Waals surface area contributed by atoms with E-state index >= 15 is 0 Å². The second-order valence-electron chi connectivity index (χ2n) is 5.06. The summed E-state index contributed by atoms with van der Waals surface area (Å²) in [6.45, 7) is 4.68. The molecule has 0 radical (unpaired) electrons. The lowest BCUT2D eigenvalue weighted by molar-refractivity contribution is 0.396. The Bertz CT molecular complexity index is 597. The molecule has 2 aromatic heterocycles. The van der Waals surface area contributed by atoms with Gasteiger partial charge < -0.3 is 20.3 Å². The van der Waals surface area contributed by atoms with Crippen LogP contribution in [-0.4, -0.2) is 48.2 Å². The van der Waals surface area contributed by atoms with E-state index in [1.165, 1.54) is 0 Å². The second-order valence-corrected chi connectivity index (χ2v) is 5.06. The lowest BCUT2D eigenvalue weighted by Crippen LogP contribution is -2.43. The van der Waals surface area contributed by atoms with Crippen molar-refractivity contribution in [2.45, 2.75) is 6.54 Å². The van der Waals surface area contributed by atoms with Crippen molar-refractivity contribution in [2.24, 2.45) is 0 Å². The summed E-state index contributed by atoms with van der Waals surface area (Å²) in [5.41, 5.74) is 1.10. The Balaban J connectivity index is 1.58. The van der Waals surface area contributed by atoms with Crippen molar-refractivity contribution in [3.8, 4) is 5.88 Å². The molecule has 2 aromatic rings. The van der Waals surface area contributed by atoms with Crippen LogP contribution in [0.5, 0.6) is 5.88 Å². The van der Waals surface area contributed by atoms with Crippen LogP contribution in [0.3, 0.4) is 0 Å². The Morgan fingerprint density at radius 2 is 2.09 bits per heavy atom. The minimum Gasteiger partial charge on any atom is -0.480 e. The normalized spacial score (nSPS) is 14.7. The summed E-state index contributed by atoms with van der Waals surface area (Å²) in [5.74, 6) is 2.22. The lowest BCUT2D eigenvalue weighted by atomic mass is 10.2. The van der Waals surface area contributed by atoms with Gasteiger partial charge in [0.05, 0.1) is 19.5 Å². The smallest absolute Gasteiger partial charge is 0.233 e. The van der Waals surface area contributed by atoms with Gasteiger partial charge in [-0.1, -0.05) is 6.07 Å². The minimum atomic E-state index is 0.497. The van der Waals surface area contributed by atoms with Crippen LogP contribution < -0.4 is 20.3 Å². The maximum Gasteiger partial charge on any atom is 0.233 e. The molecule has 1 aliphatic heterocycles. The molecule has 0 atom stereocenters. The van der Waals surface area contributed by atoms with Gasteiger partial charge in [-0.05, 0) is 11.6 Å².